The van der Waals surface area contributed by atoms with Crippen molar-refractivity contribution in [2.24, 2.45) is 0 Å². The summed E-state index contributed by atoms with van der Waals surface area (Å²) < 4.78 is 9.51. The van der Waals surface area contributed by atoms with Crippen LogP contribution in [0.3, 0.4) is 0 Å². The molecule has 0 amide bonds. The smallest absolute Gasteiger partial charge is 0.333 e. The summed E-state index contributed by atoms with van der Waals surface area (Å²) in [6.45, 7) is 0.453. The maximum absolute atomic E-state index is 10.6. The van der Waals surface area contributed by atoms with E-state index in [1.54, 1.807) is 0 Å². The fraction of sp³-hybridized carbons (Fsp3) is 0.182. The average molecular weight is 192 g/mol. The van der Waals surface area contributed by atoms with Gasteiger partial charge in [0.25, 0.3) is 0 Å². The molecule has 0 fully saturated rings. The van der Waals surface area contributed by atoms with Gasteiger partial charge in [0.05, 0.1) is 19.4 Å². The number of benzene rings is 1. The van der Waals surface area contributed by atoms with E-state index in [2.05, 4.69) is 4.74 Å². The minimum Gasteiger partial charge on any atom is -0.496 e. The molecule has 0 bridgehead atoms. The zero-order valence-electron chi connectivity index (χ0n) is 7.97. The van der Waals surface area contributed by atoms with Crippen molar-refractivity contribution in [2.45, 2.75) is 6.61 Å². The molecule has 0 N–H and O–H groups in total. The summed E-state index contributed by atoms with van der Waals surface area (Å²) in [5, 5.41) is 0. The molecule has 14 heavy (non-hydrogen) atoms. The predicted octanol–water partition coefficient (Wildman–Crippen LogP) is 1.89. The van der Waals surface area contributed by atoms with Gasteiger partial charge in [0.1, 0.15) is 6.61 Å². The standard InChI is InChI=1S/C11H12O3/c1-13-11(12)7-8-14-9-10-5-3-2-4-6-10/h2-8H,9H2,1H3/b8-7-. The number of hydrogen-bond acceptors (Lipinski definition) is 3. The minimum atomic E-state index is -0.418. The third kappa shape index (κ3) is 3.76. The Morgan fingerprint density at radius 3 is 2.71 bits per heavy atom. The highest BCUT2D eigenvalue weighted by Crippen LogP contribution is 2.00. The van der Waals surface area contributed by atoms with E-state index in [1.807, 2.05) is 30.3 Å². The van der Waals surface area contributed by atoms with E-state index in [0.29, 0.717) is 6.61 Å². The molecule has 0 aromatic heterocycles. The molecular formula is C11H12O3. The number of esters is 1. The lowest BCUT2D eigenvalue weighted by molar-refractivity contribution is -0.135. The SMILES string of the molecule is COC(=O)/C=C\OCc1ccccc1. The summed E-state index contributed by atoms with van der Waals surface area (Å²) in [6, 6.07) is 9.71. The van der Waals surface area contributed by atoms with Gasteiger partial charge in [0, 0.05) is 0 Å². The highest BCUT2D eigenvalue weighted by Gasteiger charge is 1.91. The van der Waals surface area contributed by atoms with Gasteiger partial charge in [-0.25, -0.2) is 4.79 Å². The van der Waals surface area contributed by atoms with Crippen LogP contribution in [0.1, 0.15) is 5.56 Å². The van der Waals surface area contributed by atoms with E-state index in [9.17, 15) is 4.79 Å². The normalized spacial score (nSPS) is 10.1. The Morgan fingerprint density at radius 1 is 1.36 bits per heavy atom. The van der Waals surface area contributed by atoms with Crippen LogP contribution in [0.2, 0.25) is 0 Å². The van der Waals surface area contributed by atoms with Gasteiger partial charge in [-0.3, -0.25) is 0 Å². The molecule has 1 rings (SSSR count). The quantitative estimate of drug-likeness (QED) is 0.415. The van der Waals surface area contributed by atoms with Crippen molar-refractivity contribution in [1.82, 2.24) is 0 Å². The van der Waals surface area contributed by atoms with Crippen LogP contribution in [0.15, 0.2) is 42.7 Å². The third-order valence-corrected chi connectivity index (χ3v) is 1.59. The number of carbonyl (C=O) groups is 1. The van der Waals surface area contributed by atoms with E-state index in [-0.39, 0.29) is 0 Å². The number of carbonyl (C=O) groups excluding carboxylic acids is 1. The molecule has 0 spiro atoms. The Balaban J connectivity index is 2.29. The molecule has 0 aliphatic rings. The van der Waals surface area contributed by atoms with Crippen molar-refractivity contribution in [2.75, 3.05) is 7.11 Å². The molecule has 0 saturated carbocycles. The average Bonchev–Trinajstić information content (AvgIpc) is 2.25. The molecule has 3 nitrogen and oxygen atoms in total. The second-order valence-corrected chi connectivity index (χ2v) is 2.62. The van der Waals surface area contributed by atoms with E-state index in [1.165, 1.54) is 19.4 Å². The van der Waals surface area contributed by atoms with Gasteiger partial charge >= 0.3 is 5.97 Å². The first-order valence-electron chi connectivity index (χ1n) is 4.23. The first kappa shape index (κ1) is 10.3. The minimum absolute atomic E-state index is 0.418. The second kappa shape index (κ2) is 5.80. The highest BCUT2D eigenvalue weighted by atomic mass is 16.5. The summed E-state index contributed by atoms with van der Waals surface area (Å²) in [5.74, 6) is -0.418. The summed E-state index contributed by atoms with van der Waals surface area (Å²) in [6.07, 6.45) is 2.57. The monoisotopic (exact) mass is 192 g/mol. The summed E-state index contributed by atoms with van der Waals surface area (Å²) in [4.78, 5) is 10.6. The Labute approximate surface area is 83.0 Å². The van der Waals surface area contributed by atoms with Crippen LogP contribution in [-0.2, 0) is 20.9 Å². The molecule has 0 heterocycles. The zero-order valence-corrected chi connectivity index (χ0v) is 7.97. The summed E-state index contributed by atoms with van der Waals surface area (Å²) in [7, 11) is 1.32. The van der Waals surface area contributed by atoms with Crippen LogP contribution in [-0.4, -0.2) is 13.1 Å². The van der Waals surface area contributed by atoms with Crippen LogP contribution < -0.4 is 0 Å². The van der Waals surface area contributed by atoms with Crippen molar-refractivity contribution in [3.63, 3.8) is 0 Å². The number of hydrogen-bond donors (Lipinski definition) is 0. The third-order valence-electron chi connectivity index (χ3n) is 1.59. The molecule has 0 radical (unpaired) electrons. The van der Waals surface area contributed by atoms with E-state index < -0.39 is 5.97 Å². The van der Waals surface area contributed by atoms with E-state index in [0.717, 1.165) is 5.56 Å². The Bertz CT molecular complexity index is 304. The van der Waals surface area contributed by atoms with Gasteiger partial charge in [-0.2, -0.15) is 0 Å². The molecule has 74 valence electrons. The molecule has 1 aromatic carbocycles. The molecule has 1 aromatic rings. The molecule has 0 unspecified atom stereocenters. The maximum atomic E-state index is 10.6. The summed E-state index contributed by atoms with van der Waals surface area (Å²) >= 11 is 0. The number of methoxy groups -OCH3 is 1. The van der Waals surface area contributed by atoms with Gasteiger partial charge in [-0.05, 0) is 5.56 Å². The van der Waals surface area contributed by atoms with Crippen molar-refractivity contribution in [3.8, 4) is 0 Å². The van der Waals surface area contributed by atoms with Crippen LogP contribution in [0, 0.1) is 0 Å². The molecule has 0 saturated heterocycles. The molecule has 0 atom stereocenters. The molecule has 3 heteroatoms. The number of rotatable bonds is 4. The van der Waals surface area contributed by atoms with Gasteiger partial charge in [-0.1, -0.05) is 30.3 Å². The lowest BCUT2D eigenvalue weighted by atomic mass is 10.2. The fourth-order valence-electron chi connectivity index (χ4n) is 0.890. The van der Waals surface area contributed by atoms with Crippen LogP contribution >= 0.6 is 0 Å². The van der Waals surface area contributed by atoms with Gasteiger partial charge < -0.3 is 9.47 Å². The molecule has 0 aliphatic carbocycles. The molecular weight excluding hydrogens is 180 g/mol. The summed E-state index contributed by atoms with van der Waals surface area (Å²) in [5.41, 5.74) is 1.06. The fourth-order valence-corrected chi connectivity index (χ4v) is 0.890. The zero-order chi connectivity index (χ0) is 10.2. The van der Waals surface area contributed by atoms with Crippen molar-refractivity contribution >= 4 is 5.97 Å². The Kier molecular flexibility index (Phi) is 4.27. The van der Waals surface area contributed by atoms with Crippen LogP contribution in [0.5, 0.6) is 0 Å². The van der Waals surface area contributed by atoms with Crippen molar-refractivity contribution in [3.05, 3.63) is 48.2 Å². The second-order valence-electron chi connectivity index (χ2n) is 2.62. The topological polar surface area (TPSA) is 35.5 Å². The van der Waals surface area contributed by atoms with Crippen molar-refractivity contribution < 1.29 is 14.3 Å². The maximum Gasteiger partial charge on any atom is 0.333 e. The van der Waals surface area contributed by atoms with Crippen LogP contribution in [0.25, 0.3) is 0 Å². The molecule has 0 aliphatic heterocycles. The van der Waals surface area contributed by atoms with Crippen LogP contribution in [0.4, 0.5) is 0 Å². The van der Waals surface area contributed by atoms with E-state index in [4.69, 9.17) is 4.74 Å². The Morgan fingerprint density at radius 2 is 2.07 bits per heavy atom. The first-order chi connectivity index (χ1) is 6.83. The van der Waals surface area contributed by atoms with Gasteiger partial charge in [-0.15, -0.1) is 0 Å². The van der Waals surface area contributed by atoms with E-state index >= 15 is 0 Å². The van der Waals surface area contributed by atoms with Gasteiger partial charge in [0.15, 0.2) is 0 Å². The predicted molar refractivity (Wildman–Crippen MR) is 52.4 cm³/mol. The lowest BCUT2D eigenvalue weighted by Gasteiger charge is -1.99. The first-order valence-corrected chi connectivity index (χ1v) is 4.23. The Hall–Kier alpha value is -1.77. The van der Waals surface area contributed by atoms with Gasteiger partial charge in [0.2, 0.25) is 0 Å². The highest BCUT2D eigenvalue weighted by molar-refractivity contribution is 5.81. The largest absolute Gasteiger partial charge is 0.496 e. The lowest BCUT2D eigenvalue weighted by Crippen LogP contribution is -1.94. The van der Waals surface area contributed by atoms with Crippen molar-refractivity contribution in [1.29, 1.82) is 0 Å². The number of ether oxygens (including phenoxy) is 2.